The first-order chi connectivity index (χ1) is 4.18. The molecular weight excluding hydrogens is 217 g/mol. The maximum atomic E-state index is 5.63. The van der Waals surface area contributed by atoms with Gasteiger partial charge in [-0.15, -0.1) is 0 Å². The summed E-state index contributed by atoms with van der Waals surface area (Å²) < 4.78 is 0.858. The quantitative estimate of drug-likeness (QED) is 0.553. The summed E-state index contributed by atoms with van der Waals surface area (Å²) in [7, 11) is 0. The molecule has 9 heavy (non-hydrogen) atoms. The molecule has 1 unspecified atom stereocenters. The van der Waals surface area contributed by atoms with E-state index in [9.17, 15) is 0 Å². The molecule has 1 atom stereocenters. The summed E-state index contributed by atoms with van der Waals surface area (Å²) in [6.45, 7) is 0. The molecular formula is C5H11NS2Se. The molecule has 0 aromatic carbocycles. The zero-order chi connectivity index (χ0) is 7.28. The number of rotatable bonds is 4. The molecule has 0 radical (unpaired) electrons. The van der Waals surface area contributed by atoms with Gasteiger partial charge in [0, 0.05) is 0 Å². The van der Waals surface area contributed by atoms with Gasteiger partial charge >= 0.3 is 74.0 Å². The van der Waals surface area contributed by atoms with E-state index in [0.29, 0.717) is 0 Å². The van der Waals surface area contributed by atoms with Crippen molar-refractivity contribution < 1.29 is 0 Å². The molecule has 0 spiro atoms. The maximum absolute atomic E-state index is 5.63. The van der Waals surface area contributed by atoms with E-state index >= 15 is 0 Å². The molecule has 0 bridgehead atoms. The van der Waals surface area contributed by atoms with Crippen LogP contribution in [-0.4, -0.2) is 37.8 Å². The van der Waals surface area contributed by atoms with E-state index in [0.717, 1.165) is 15.9 Å². The van der Waals surface area contributed by atoms with Crippen LogP contribution in [0.15, 0.2) is 0 Å². The number of hydrogen-bond donors (Lipinski definition) is 1. The van der Waals surface area contributed by atoms with Crippen molar-refractivity contribution in [2.75, 3.05) is 12.0 Å². The topological polar surface area (TPSA) is 26.0 Å². The van der Waals surface area contributed by atoms with Gasteiger partial charge in [0.15, 0.2) is 0 Å². The molecule has 0 heterocycles. The predicted molar refractivity (Wildman–Crippen MR) is 50.7 cm³/mol. The Kier molecular flexibility index (Phi) is 6.27. The van der Waals surface area contributed by atoms with Gasteiger partial charge in [0.2, 0.25) is 0 Å². The van der Waals surface area contributed by atoms with Gasteiger partial charge < -0.3 is 0 Å². The molecule has 0 saturated carbocycles. The summed E-state index contributed by atoms with van der Waals surface area (Å²) >= 11 is 8.99. The zero-order valence-corrected chi connectivity index (χ0v) is 8.84. The first-order valence-corrected chi connectivity index (χ1v) is 5.40. The Morgan fingerprint density at radius 3 is 2.78 bits per heavy atom. The van der Waals surface area contributed by atoms with Gasteiger partial charge in [-0.2, -0.15) is 0 Å². The van der Waals surface area contributed by atoms with E-state index in [4.69, 9.17) is 18.0 Å². The molecule has 0 aliphatic carbocycles. The molecule has 0 aliphatic heterocycles. The van der Waals surface area contributed by atoms with E-state index < -0.39 is 0 Å². The number of thioether (sulfide) groups is 1. The summed E-state index contributed by atoms with van der Waals surface area (Å²) in [5.41, 5.74) is 5.63. The van der Waals surface area contributed by atoms with E-state index in [1.54, 1.807) is 11.8 Å². The first kappa shape index (κ1) is 9.92. The molecule has 4 heteroatoms. The van der Waals surface area contributed by atoms with Crippen molar-refractivity contribution in [1.82, 2.24) is 0 Å². The Balaban J connectivity index is 3.27. The fourth-order valence-corrected chi connectivity index (χ4v) is 1.25. The molecule has 0 saturated heterocycles. The standard InChI is InChI=1S/C5H11NS2Se/c1-8-3-2-4(6)5(7)9/h4H,2-3,6H2,1H3,(H,7,9). The van der Waals surface area contributed by atoms with Gasteiger partial charge in [0.1, 0.15) is 0 Å². The van der Waals surface area contributed by atoms with Crippen LogP contribution in [0.2, 0.25) is 0 Å². The second-order valence-electron chi connectivity index (χ2n) is 1.73. The molecule has 0 aromatic rings. The Labute approximate surface area is 74.0 Å². The van der Waals surface area contributed by atoms with Crippen molar-refractivity contribution in [2.45, 2.75) is 12.5 Å². The van der Waals surface area contributed by atoms with Gasteiger partial charge in [-0.1, -0.05) is 0 Å². The molecule has 54 valence electrons. The van der Waals surface area contributed by atoms with Crippen molar-refractivity contribution >= 4 is 43.8 Å². The molecule has 0 aliphatic rings. The average molecular weight is 228 g/mol. The van der Waals surface area contributed by atoms with E-state index in [-0.39, 0.29) is 6.04 Å². The molecule has 0 fully saturated rings. The second-order valence-corrected chi connectivity index (χ2v) is 4.82. The van der Waals surface area contributed by atoms with Gasteiger partial charge in [0.25, 0.3) is 0 Å². The fourth-order valence-electron chi connectivity index (χ4n) is 0.368. The SMILES string of the molecule is CSCCC(N)C(=S)[SeH]. The first-order valence-electron chi connectivity index (χ1n) is 2.65. The summed E-state index contributed by atoms with van der Waals surface area (Å²) in [5.74, 6) is 1.10. The monoisotopic (exact) mass is 229 g/mol. The van der Waals surface area contributed by atoms with Crippen LogP contribution in [0, 0.1) is 0 Å². The molecule has 0 rings (SSSR count). The minimum atomic E-state index is 0.104. The van der Waals surface area contributed by atoms with E-state index in [1.807, 2.05) is 0 Å². The van der Waals surface area contributed by atoms with E-state index in [1.165, 1.54) is 0 Å². The summed E-state index contributed by atoms with van der Waals surface area (Å²) in [6.07, 6.45) is 3.06. The number of nitrogens with two attached hydrogens (primary N) is 1. The van der Waals surface area contributed by atoms with Crippen molar-refractivity contribution in [3.63, 3.8) is 0 Å². The number of thiocarbonyl (C=S) groups is 1. The van der Waals surface area contributed by atoms with Crippen LogP contribution < -0.4 is 5.73 Å². The number of hydrogen-bond acceptors (Lipinski definition) is 3. The Morgan fingerprint density at radius 2 is 2.44 bits per heavy atom. The van der Waals surface area contributed by atoms with Crippen molar-refractivity contribution in [1.29, 1.82) is 0 Å². The van der Waals surface area contributed by atoms with Crippen LogP contribution >= 0.6 is 24.0 Å². The molecule has 0 amide bonds. The Hall–Kier alpha value is 0.919. The minimum absolute atomic E-state index is 0.104. The van der Waals surface area contributed by atoms with Crippen molar-refractivity contribution in [3.8, 4) is 0 Å². The van der Waals surface area contributed by atoms with Crippen LogP contribution in [0.3, 0.4) is 0 Å². The van der Waals surface area contributed by atoms with E-state index in [2.05, 4.69) is 22.3 Å². The summed E-state index contributed by atoms with van der Waals surface area (Å²) in [4.78, 5) is 0. The van der Waals surface area contributed by atoms with Crippen molar-refractivity contribution in [3.05, 3.63) is 0 Å². The Bertz CT molecular complexity index is 97.0. The van der Waals surface area contributed by atoms with Gasteiger partial charge in [-0.05, 0) is 0 Å². The van der Waals surface area contributed by atoms with Gasteiger partial charge in [-0.3, -0.25) is 0 Å². The zero-order valence-electron chi connectivity index (χ0n) is 5.33. The summed E-state index contributed by atoms with van der Waals surface area (Å²) in [6, 6.07) is 0.104. The molecule has 2 N–H and O–H groups in total. The van der Waals surface area contributed by atoms with Crippen molar-refractivity contribution in [2.24, 2.45) is 5.73 Å². The van der Waals surface area contributed by atoms with Crippen LogP contribution in [0.5, 0.6) is 0 Å². The average Bonchev–Trinajstić information content (AvgIpc) is 1.82. The predicted octanol–water partition coefficient (Wildman–Crippen LogP) is 0.295. The summed E-state index contributed by atoms with van der Waals surface area (Å²) in [5, 5.41) is 0. The molecule has 0 aromatic heterocycles. The molecule has 1 nitrogen and oxygen atoms in total. The third kappa shape index (κ3) is 5.37. The van der Waals surface area contributed by atoms with Crippen LogP contribution in [0.25, 0.3) is 0 Å². The van der Waals surface area contributed by atoms with Crippen LogP contribution in [0.1, 0.15) is 6.42 Å². The third-order valence-electron chi connectivity index (χ3n) is 0.950. The third-order valence-corrected chi connectivity index (χ3v) is 2.59. The second kappa shape index (κ2) is 5.69. The van der Waals surface area contributed by atoms with Crippen LogP contribution in [0.4, 0.5) is 0 Å². The van der Waals surface area contributed by atoms with Gasteiger partial charge in [0.05, 0.1) is 0 Å². The fraction of sp³-hybridized carbons (Fsp3) is 0.800. The van der Waals surface area contributed by atoms with Crippen LogP contribution in [-0.2, 0) is 0 Å². The Morgan fingerprint density at radius 1 is 1.89 bits per heavy atom. The van der Waals surface area contributed by atoms with Gasteiger partial charge in [-0.25, -0.2) is 0 Å². The normalized spacial score (nSPS) is 13.2.